The number of halogens is 1. The molecule has 1 aromatic carbocycles. The van der Waals surface area contributed by atoms with Gasteiger partial charge in [-0.2, -0.15) is 0 Å². The van der Waals surface area contributed by atoms with Gasteiger partial charge in [-0.05, 0) is 49.8 Å². The first-order chi connectivity index (χ1) is 9.99. The molecule has 0 saturated heterocycles. The van der Waals surface area contributed by atoms with Gasteiger partial charge < -0.3 is 10.0 Å². The molecule has 0 radical (unpaired) electrons. The van der Waals surface area contributed by atoms with Crippen molar-refractivity contribution in [2.24, 2.45) is 5.92 Å². The van der Waals surface area contributed by atoms with Crippen LogP contribution in [0.5, 0.6) is 0 Å². The summed E-state index contributed by atoms with van der Waals surface area (Å²) in [6, 6.07) is 6.63. The smallest absolute Gasteiger partial charge is 0.0762 e. The van der Waals surface area contributed by atoms with Crippen LogP contribution in [0.3, 0.4) is 0 Å². The monoisotopic (exact) mass is 309 g/mol. The number of aliphatic hydroxyl groups excluding tert-OH is 1. The molecule has 0 aromatic heterocycles. The van der Waals surface area contributed by atoms with Crippen LogP contribution in [0.25, 0.3) is 0 Å². The molecule has 1 aromatic rings. The molecule has 0 bridgehead atoms. The first-order valence-electron chi connectivity index (χ1n) is 8.23. The number of anilines is 1. The molecular formula is C18H28ClNO. The van der Waals surface area contributed by atoms with Crippen molar-refractivity contribution in [1.82, 2.24) is 0 Å². The van der Waals surface area contributed by atoms with E-state index in [-0.39, 0.29) is 0 Å². The Kier molecular flexibility index (Phi) is 5.95. The molecule has 1 saturated carbocycles. The van der Waals surface area contributed by atoms with E-state index in [1.807, 2.05) is 12.1 Å². The molecule has 1 aliphatic carbocycles. The molecule has 21 heavy (non-hydrogen) atoms. The fourth-order valence-electron chi connectivity index (χ4n) is 3.13. The van der Waals surface area contributed by atoms with E-state index >= 15 is 0 Å². The van der Waals surface area contributed by atoms with Crippen LogP contribution in [0.1, 0.15) is 64.5 Å². The first-order valence-corrected chi connectivity index (χ1v) is 8.61. The van der Waals surface area contributed by atoms with Gasteiger partial charge in [0.05, 0.1) is 16.8 Å². The third-order valence-electron chi connectivity index (χ3n) is 4.48. The third-order valence-corrected chi connectivity index (χ3v) is 4.78. The van der Waals surface area contributed by atoms with Crippen molar-refractivity contribution < 1.29 is 5.11 Å². The largest absolute Gasteiger partial charge is 0.389 e. The summed E-state index contributed by atoms with van der Waals surface area (Å²) >= 11 is 6.51. The number of rotatable bonds is 6. The van der Waals surface area contributed by atoms with E-state index < -0.39 is 6.10 Å². The van der Waals surface area contributed by atoms with Gasteiger partial charge in [0.2, 0.25) is 0 Å². The SMILES string of the molecule is CC(C)CCN(c1ccc(C(C)O)cc1Cl)C1CCCC1. The van der Waals surface area contributed by atoms with Gasteiger partial charge in [0.25, 0.3) is 0 Å². The standard InChI is InChI=1S/C18H28ClNO/c1-13(2)10-11-20(16-6-4-5-7-16)18-9-8-15(14(3)21)12-17(18)19/h8-9,12-14,16,21H,4-7,10-11H2,1-3H3. The van der Waals surface area contributed by atoms with Crippen LogP contribution in [0.4, 0.5) is 5.69 Å². The zero-order valence-corrected chi connectivity index (χ0v) is 14.2. The van der Waals surface area contributed by atoms with Gasteiger partial charge >= 0.3 is 0 Å². The van der Waals surface area contributed by atoms with Crippen molar-refractivity contribution in [1.29, 1.82) is 0 Å². The van der Waals surface area contributed by atoms with Crippen LogP contribution in [-0.4, -0.2) is 17.7 Å². The van der Waals surface area contributed by atoms with Crippen molar-refractivity contribution in [2.45, 2.75) is 65.0 Å². The number of hydrogen-bond acceptors (Lipinski definition) is 2. The quantitative estimate of drug-likeness (QED) is 0.782. The maximum Gasteiger partial charge on any atom is 0.0762 e. The summed E-state index contributed by atoms with van der Waals surface area (Å²) in [5, 5.41) is 10.5. The Morgan fingerprint density at radius 2 is 1.90 bits per heavy atom. The highest BCUT2D eigenvalue weighted by atomic mass is 35.5. The minimum Gasteiger partial charge on any atom is -0.389 e. The zero-order valence-electron chi connectivity index (χ0n) is 13.5. The lowest BCUT2D eigenvalue weighted by atomic mass is 10.1. The maximum atomic E-state index is 9.69. The van der Waals surface area contributed by atoms with Crippen LogP contribution >= 0.6 is 11.6 Å². The van der Waals surface area contributed by atoms with Crippen molar-refractivity contribution in [3.63, 3.8) is 0 Å². The lowest BCUT2D eigenvalue weighted by Crippen LogP contribution is -2.35. The fraction of sp³-hybridized carbons (Fsp3) is 0.667. The second-order valence-corrected chi connectivity index (χ2v) is 7.11. The minimum absolute atomic E-state index is 0.466. The summed E-state index contributed by atoms with van der Waals surface area (Å²) in [5.41, 5.74) is 2.02. The van der Waals surface area contributed by atoms with Gasteiger partial charge in [-0.25, -0.2) is 0 Å². The van der Waals surface area contributed by atoms with Crippen molar-refractivity contribution in [3.05, 3.63) is 28.8 Å². The predicted molar refractivity (Wildman–Crippen MR) is 91.1 cm³/mol. The summed E-state index contributed by atoms with van der Waals surface area (Å²) in [7, 11) is 0. The Bertz CT molecular complexity index is 453. The van der Waals surface area contributed by atoms with Gasteiger partial charge in [-0.1, -0.05) is 44.4 Å². The second kappa shape index (κ2) is 7.51. The average Bonchev–Trinajstić information content (AvgIpc) is 2.94. The molecule has 1 aliphatic rings. The van der Waals surface area contributed by atoms with Crippen LogP contribution < -0.4 is 4.90 Å². The Hall–Kier alpha value is -0.730. The lowest BCUT2D eigenvalue weighted by Gasteiger charge is -2.33. The summed E-state index contributed by atoms with van der Waals surface area (Å²) in [4.78, 5) is 2.50. The number of nitrogens with zero attached hydrogens (tertiary/aromatic N) is 1. The maximum absolute atomic E-state index is 9.69. The number of benzene rings is 1. The first kappa shape index (κ1) is 16.6. The van der Waals surface area contributed by atoms with E-state index in [0.29, 0.717) is 12.0 Å². The van der Waals surface area contributed by atoms with E-state index in [1.165, 1.54) is 32.1 Å². The summed E-state index contributed by atoms with van der Waals surface area (Å²) in [5.74, 6) is 0.699. The lowest BCUT2D eigenvalue weighted by molar-refractivity contribution is 0.199. The minimum atomic E-state index is -0.466. The highest BCUT2D eigenvalue weighted by molar-refractivity contribution is 6.33. The van der Waals surface area contributed by atoms with E-state index in [0.717, 1.165) is 22.8 Å². The van der Waals surface area contributed by atoms with Gasteiger partial charge in [0.15, 0.2) is 0 Å². The van der Waals surface area contributed by atoms with E-state index in [1.54, 1.807) is 6.92 Å². The molecule has 1 atom stereocenters. The van der Waals surface area contributed by atoms with Crippen LogP contribution in [0.2, 0.25) is 5.02 Å². The van der Waals surface area contributed by atoms with Crippen LogP contribution in [0.15, 0.2) is 18.2 Å². The van der Waals surface area contributed by atoms with E-state index in [4.69, 9.17) is 11.6 Å². The Labute approximate surface area is 134 Å². The van der Waals surface area contributed by atoms with Crippen molar-refractivity contribution >= 4 is 17.3 Å². The van der Waals surface area contributed by atoms with Crippen molar-refractivity contribution in [3.8, 4) is 0 Å². The molecule has 1 fully saturated rings. The highest BCUT2D eigenvalue weighted by Gasteiger charge is 2.24. The summed E-state index contributed by atoms with van der Waals surface area (Å²) in [6.07, 6.45) is 5.91. The molecule has 0 heterocycles. The van der Waals surface area contributed by atoms with Gasteiger partial charge in [0.1, 0.15) is 0 Å². The average molecular weight is 310 g/mol. The van der Waals surface area contributed by atoms with Crippen LogP contribution in [-0.2, 0) is 0 Å². The zero-order chi connectivity index (χ0) is 15.4. The Balaban J connectivity index is 2.22. The molecule has 2 rings (SSSR count). The second-order valence-electron chi connectivity index (χ2n) is 6.70. The molecule has 0 spiro atoms. The molecule has 1 N–H and O–H groups in total. The molecule has 3 heteroatoms. The van der Waals surface area contributed by atoms with Gasteiger partial charge in [-0.3, -0.25) is 0 Å². The van der Waals surface area contributed by atoms with Gasteiger partial charge in [-0.15, -0.1) is 0 Å². The molecule has 0 aliphatic heterocycles. The topological polar surface area (TPSA) is 23.5 Å². The molecule has 2 nitrogen and oxygen atoms in total. The normalized spacial score (nSPS) is 17.4. The summed E-state index contributed by atoms with van der Waals surface area (Å²) < 4.78 is 0. The summed E-state index contributed by atoms with van der Waals surface area (Å²) in [6.45, 7) is 7.38. The van der Waals surface area contributed by atoms with Crippen molar-refractivity contribution in [2.75, 3.05) is 11.4 Å². The highest BCUT2D eigenvalue weighted by Crippen LogP contribution is 2.34. The molecule has 0 amide bonds. The Morgan fingerprint density at radius 1 is 1.24 bits per heavy atom. The molecule has 1 unspecified atom stereocenters. The Morgan fingerprint density at radius 3 is 2.43 bits per heavy atom. The van der Waals surface area contributed by atoms with E-state index in [2.05, 4.69) is 24.8 Å². The van der Waals surface area contributed by atoms with E-state index in [9.17, 15) is 5.11 Å². The molecule has 118 valence electrons. The third kappa shape index (κ3) is 4.37. The number of aliphatic hydroxyl groups is 1. The predicted octanol–water partition coefficient (Wildman–Crippen LogP) is 5.19. The van der Waals surface area contributed by atoms with Crippen LogP contribution in [0, 0.1) is 5.92 Å². The van der Waals surface area contributed by atoms with Gasteiger partial charge in [0, 0.05) is 12.6 Å². The fourth-order valence-corrected chi connectivity index (χ4v) is 3.43. The molecular weight excluding hydrogens is 282 g/mol. The number of hydrogen-bond donors (Lipinski definition) is 1.